The molecule has 0 saturated heterocycles. The summed E-state index contributed by atoms with van der Waals surface area (Å²) in [5.41, 5.74) is 2.42. The Balaban J connectivity index is 1.78. The summed E-state index contributed by atoms with van der Waals surface area (Å²) in [7, 11) is 3.90. The van der Waals surface area contributed by atoms with E-state index in [1.807, 2.05) is 47.8 Å². The predicted molar refractivity (Wildman–Crippen MR) is 105 cm³/mol. The second-order valence-corrected chi connectivity index (χ2v) is 7.22. The molecule has 1 aromatic heterocycles. The minimum absolute atomic E-state index is 0.209. The van der Waals surface area contributed by atoms with Crippen LogP contribution in [0.2, 0.25) is 0 Å². The first kappa shape index (κ1) is 17.2. The standard InChI is InChI=1S/C20H17N3O3S/c1-4-9-23-15-10-16-17(26-12-25-16)11-18(15)27-20(23)21-19(24)13-5-7-14(8-6-13)22(2)3/h1,5-8,10-11H,9,12H2,2-3H3. The molecule has 0 spiro atoms. The molecule has 136 valence electrons. The highest BCUT2D eigenvalue weighted by atomic mass is 32.1. The van der Waals surface area contributed by atoms with E-state index in [2.05, 4.69) is 10.9 Å². The Hall–Kier alpha value is -3.24. The molecule has 27 heavy (non-hydrogen) atoms. The van der Waals surface area contributed by atoms with Crippen molar-refractivity contribution >= 4 is 33.1 Å². The number of terminal acetylenes is 1. The monoisotopic (exact) mass is 379 g/mol. The van der Waals surface area contributed by atoms with Crippen LogP contribution < -0.4 is 19.2 Å². The molecule has 0 atom stereocenters. The topological polar surface area (TPSA) is 56.1 Å². The molecule has 0 N–H and O–H groups in total. The van der Waals surface area contributed by atoms with Crippen LogP contribution in [0.25, 0.3) is 10.2 Å². The highest BCUT2D eigenvalue weighted by molar-refractivity contribution is 7.16. The Labute approximate surface area is 160 Å². The number of aromatic nitrogens is 1. The van der Waals surface area contributed by atoms with Gasteiger partial charge in [0.05, 0.1) is 16.8 Å². The number of nitrogens with zero attached hydrogens (tertiary/aromatic N) is 3. The first-order valence-electron chi connectivity index (χ1n) is 8.29. The molecule has 0 bridgehead atoms. The molecule has 1 aliphatic rings. The fourth-order valence-corrected chi connectivity index (χ4v) is 3.88. The average molecular weight is 379 g/mol. The molecule has 7 heteroatoms. The maximum absolute atomic E-state index is 12.6. The molecule has 1 aliphatic heterocycles. The summed E-state index contributed by atoms with van der Waals surface area (Å²) in [5.74, 6) is 3.67. The number of amides is 1. The molecule has 6 nitrogen and oxygen atoms in total. The summed E-state index contributed by atoms with van der Waals surface area (Å²) in [6.07, 6.45) is 5.53. The van der Waals surface area contributed by atoms with Gasteiger partial charge in [0.25, 0.3) is 5.91 Å². The van der Waals surface area contributed by atoms with Crippen LogP contribution in [0.3, 0.4) is 0 Å². The first-order chi connectivity index (χ1) is 13.1. The number of carbonyl (C=O) groups is 1. The van der Waals surface area contributed by atoms with Crippen molar-refractivity contribution in [1.29, 1.82) is 0 Å². The number of carbonyl (C=O) groups excluding carboxylic acids is 1. The number of fused-ring (bicyclic) bond motifs is 2. The second kappa shape index (κ2) is 6.82. The molecule has 2 aromatic carbocycles. The molecule has 0 unspecified atom stereocenters. The van der Waals surface area contributed by atoms with Crippen LogP contribution >= 0.6 is 11.3 Å². The molecule has 3 aromatic rings. The number of anilines is 1. The summed E-state index contributed by atoms with van der Waals surface area (Å²) in [5, 5.41) is 0. The van der Waals surface area contributed by atoms with Gasteiger partial charge in [0.2, 0.25) is 6.79 Å². The fourth-order valence-electron chi connectivity index (χ4n) is 2.84. The van der Waals surface area contributed by atoms with Crippen molar-refractivity contribution in [2.75, 3.05) is 25.8 Å². The number of rotatable bonds is 3. The highest BCUT2D eigenvalue weighted by Gasteiger charge is 2.18. The van der Waals surface area contributed by atoms with Crippen LogP contribution in [0.1, 0.15) is 10.4 Å². The molecular weight excluding hydrogens is 362 g/mol. The van der Waals surface area contributed by atoms with Gasteiger partial charge in [0, 0.05) is 37.5 Å². The smallest absolute Gasteiger partial charge is 0.279 e. The van der Waals surface area contributed by atoms with Crippen LogP contribution in [0.5, 0.6) is 11.5 Å². The highest BCUT2D eigenvalue weighted by Crippen LogP contribution is 2.36. The third-order valence-corrected chi connectivity index (χ3v) is 5.30. The van der Waals surface area contributed by atoms with Gasteiger partial charge in [0.15, 0.2) is 16.3 Å². The van der Waals surface area contributed by atoms with Crippen molar-refractivity contribution in [3.05, 3.63) is 46.8 Å². The van der Waals surface area contributed by atoms with E-state index in [0.29, 0.717) is 28.4 Å². The molecule has 0 aliphatic carbocycles. The van der Waals surface area contributed by atoms with E-state index in [4.69, 9.17) is 15.9 Å². The van der Waals surface area contributed by atoms with Gasteiger partial charge in [-0.25, -0.2) is 0 Å². The molecular formula is C20H17N3O3S. The SMILES string of the molecule is C#CCn1c(=NC(=O)c2ccc(N(C)C)cc2)sc2cc3c(cc21)OCO3. The zero-order valence-electron chi connectivity index (χ0n) is 14.9. The molecule has 2 heterocycles. The van der Waals surface area contributed by atoms with Crippen molar-refractivity contribution < 1.29 is 14.3 Å². The van der Waals surface area contributed by atoms with Crippen molar-refractivity contribution in [3.63, 3.8) is 0 Å². The maximum atomic E-state index is 12.6. The van der Waals surface area contributed by atoms with Crippen LogP contribution in [0, 0.1) is 12.3 Å². The number of ether oxygens (including phenoxy) is 2. The molecule has 1 amide bonds. The van der Waals surface area contributed by atoms with E-state index >= 15 is 0 Å². The zero-order chi connectivity index (χ0) is 19.0. The van der Waals surface area contributed by atoms with Gasteiger partial charge in [-0.2, -0.15) is 4.99 Å². The number of hydrogen-bond donors (Lipinski definition) is 0. The van der Waals surface area contributed by atoms with E-state index in [9.17, 15) is 4.79 Å². The number of benzene rings is 2. The summed E-state index contributed by atoms with van der Waals surface area (Å²) < 4.78 is 13.7. The molecule has 0 radical (unpaired) electrons. The van der Waals surface area contributed by atoms with E-state index in [1.165, 1.54) is 11.3 Å². The minimum Gasteiger partial charge on any atom is -0.454 e. The summed E-state index contributed by atoms with van der Waals surface area (Å²) in [6.45, 7) is 0.520. The van der Waals surface area contributed by atoms with Gasteiger partial charge in [-0.3, -0.25) is 4.79 Å². The summed E-state index contributed by atoms with van der Waals surface area (Å²) >= 11 is 1.40. The number of thiazole rings is 1. The minimum atomic E-state index is -0.308. The van der Waals surface area contributed by atoms with E-state index in [1.54, 1.807) is 12.1 Å². The summed E-state index contributed by atoms with van der Waals surface area (Å²) in [4.78, 5) is 19.5. The third-order valence-electron chi connectivity index (χ3n) is 4.25. The third kappa shape index (κ3) is 3.15. The Bertz CT molecular complexity index is 1130. The van der Waals surface area contributed by atoms with Crippen LogP contribution in [-0.2, 0) is 6.54 Å². The Kier molecular flexibility index (Phi) is 4.34. The first-order valence-corrected chi connectivity index (χ1v) is 9.11. The molecule has 4 rings (SSSR count). The molecule has 0 fully saturated rings. The van der Waals surface area contributed by atoms with Gasteiger partial charge >= 0.3 is 0 Å². The van der Waals surface area contributed by atoms with Crippen molar-refractivity contribution in [2.45, 2.75) is 6.54 Å². The Morgan fingerprint density at radius 3 is 2.63 bits per heavy atom. The van der Waals surface area contributed by atoms with Crippen LogP contribution in [-0.4, -0.2) is 31.4 Å². The lowest BCUT2D eigenvalue weighted by molar-refractivity contribution is 0.0998. The normalized spacial score (nSPS) is 13.0. The largest absolute Gasteiger partial charge is 0.454 e. The maximum Gasteiger partial charge on any atom is 0.279 e. The van der Waals surface area contributed by atoms with Crippen molar-refractivity contribution in [3.8, 4) is 23.8 Å². The van der Waals surface area contributed by atoms with Gasteiger partial charge < -0.3 is 18.9 Å². The van der Waals surface area contributed by atoms with Crippen molar-refractivity contribution in [2.24, 2.45) is 4.99 Å². The van der Waals surface area contributed by atoms with E-state index < -0.39 is 0 Å². The average Bonchev–Trinajstić information content (AvgIpc) is 3.24. The lowest BCUT2D eigenvalue weighted by atomic mass is 10.2. The van der Waals surface area contributed by atoms with E-state index in [-0.39, 0.29) is 12.7 Å². The fraction of sp³-hybridized carbons (Fsp3) is 0.200. The lowest BCUT2D eigenvalue weighted by Gasteiger charge is -2.11. The van der Waals surface area contributed by atoms with Gasteiger partial charge in [0.1, 0.15) is 0 Å². The predicted octanol–water partition coefficient (Wildman–Crippen LogP) is 2.87. The molecule has 0 saturated carbocycles. The zero-order valence-corrected chi connectivity index (χ0v) is 15.7. The van der Waals surface area contributed by atoms with Gasteiger partial charge in [-0.15, -0.1) is 6.42 Å². The Morgan fingerprint density at radius 1 is 1.26 bits per heavy atom. The summed E-state index contributed by atoms with van der Waals surface area (Å²) in [6, 6.07) is 11.1. The van der Waals surface area contributed by atoms with E-state index in [0.717, 1.165) is 15.9 Å². The van der Waals surface area contributed by atoms with Gasteiger partial charge in [-0.1, -0.05) is 17.3 Å². The van der Waals surface area contributed by atoms with Crippen LogP contribution in [0.15, 0.2) is 41.4 Å². The Morgan fingerprint density at radius 2 is 1.96 bits per heavy atom. The van der Waals surface area contributed by atoms with Gasteiger partial charge in [-0.05, 0) is 24.3 Å². The van der Waals surface area contributed by atoms with Crippen LogP contribution in [0.4, 0.5) is 5.69 Å². The quantitative estimate of drug-likeness (QED) is 0.657. The number of hydrogen-bond acceptors (Lipinski definition) is 5. The van der Waals surface area contributed by atoms with Crippen molar-refractivity contribution in [1.82, 2.24) is 4.57 Å². The second-order valence-electron chi connectivity index (χ2n) is 6.21. The lowest BCUT2D eigenvalue weighted by Crippen LogP contribution is -2.16.